The number of rotatable bonds is 4. The van der Waals surface area contributed by atoms with Crippen molar-refractivity contribution in [2.24, 2.45) is 0 Å². The predicted molar refractivity (Wildman–Crippen MR) is 81.9 cm³/mol. The molecule has 0 fully saturated rings. The molecule has 0 saturated heterocycles. The first-order valence-corrected chi connectivity index (χ1v) is 7.54. The van der Waals surface area contributed by atoms with Crippen LogP contribution in [-0.2, 0) is 4.79 Å². The highest BCUT2D eigenvalue weighted by Gasteiger charge is 2.11. The van der Waals surface area contributed by atoms with Crippen molar-refractivity contribution in [2.45, 2.75) is 12.1 Å². The van der Waals surface area contributed by atoms with Gasteiger partial charge in [0.25, 0.3) is 0 Å². The zero-order chi connectivity index (χ0) is 14.7. The van der Waals surface area contributed by atoms with Gasteiger partial charge in [0.15, 0.2) is 0 Å². The van der Waals surface area contributed by atoms with Crippen LogP contribution in [0, 0.1) is 6.92 Å². The van der Waals surface area contributed by atoms with Gasteiger partial charge in [-0.3, -0.25) is 9.89 Å². The molecule has 5 nitrogen and oxygen atoms in total. The molecule has 0 saturated carbocycles. The number of hydrogen-bond donors (Lipinski definition) is 2. The molecule has 0 unspecified atom stereocenters. The predicted octanol–water partition coefficient (Wildman–Crippen LogP) is 3.80. The molecular formula is C11H9Cl3N4OS. The van der Waals surface area contributed by atoms with Gasteiger partial charge in [0, 0.05) is 0 Å². The van der Waals surface area contributed by atoms with E-state index >= 15 is 0 Å². The molecular weight excluding hydrogens is 343 g/mol. The van der Waals surface area contributed by atoms with Crippen LogP contribution in [0.5, 0.6) is 0 Å². The first-order chi connectivity index (χ1) is 9.45. The van der Waals surface area contributed by atoms with Gasteiger partial charge in [0.2, 0.25) is 11.1 Å². The molecule has 0 aliphatic heterocycles. The number of H-pyrrole nitrogens is 1. The van der Waals surface area contributed by atoms with Crippen molar-refractivity contribution >= 4 is 58.2 Å². The van der Waals surface area contributed by atoms with Gasteiger partial charge in [0.05, 0.1) is 26.5 Å². The Hall–Kier alpha value is -0.950. The molecule has 0 bridgehead atoms. The lowest BCUT2D eigenvalue weighted by Crippen LogP contribution is -2.14. The smallest absolute Gasteiger partial charge is 0.234 e. The molecule has 106 valence electrons. The van der Waals surface area contributed by atoms with Crippen molar-refractivity contribution in [2.75, 3.05) is 11.1 Å². The van der Waals surface area contributed by atoms with E-state index in [1.807, 2.05) is 0 Å². The number of carbonyl (C=O) groups excluding carboxylic acids is 1. The summed E-state index contributed by atoms with van der Waals surface area (Å²) in [6.45, 7) is 1.78. The number of halogens is 3. The monoisotopic (exact) mass is 350 g/mol. The molecule has 0 radical (unpaired) electrons. The maximum absolute atomic E-state index is 11.8. The number of nitrogens with one attached hydrogen (secondary N) is 2. The summed E-state index contributed by atoms with van der Waals surface area (Å²) in [7, 11) is 0. The summed E-state index contributed by atoms with van der Waals surface area (Å²) < 4.78 is 0. The van der Waals surface area contributed by atoms with E-state index in [-0.39, 0.29) is 11.7 Å². The minimum absolute atomic E-state index is 0.161. The van der Waals surface area contributed by atoms with Gasteiger partial charge in [-0.25, -0.2) is 4.98 Å². The van der Waals surface area contributed by atoms with Gasteiger partial charge < -0.3 is 5.32 Å². The van der Waals surface area contributed by atoms with Crippen LogP contribution in [0.1, 0.15) is 5.82 Å². The Morgan fingerprint density at radius 3 is 2.65 bits per heavy atom. The second-order valence-corrected chi connectivity index (χ2v) is 5.95. The van der Waals surface area contributed by atoms with Gasteiger partial charge in [-0.2, -0.15) is 0 Å². The van der Waals surface area contributed by atoms with Crippen LogP contribution in [0.15, 0.2) is 17.3 Å². The maximum atomic E-state index is 11.8. The Morgan fingerprint density at radius 1 is 1.30 bits per heavy atom. The zero-order valence-electron chi connectivity index (χ0n) is 10.2. The maximum Gasteiger partial charge on any atom is 0.234 e. The summed E-state index contributed by atoms with van der Waals surface area (Å²) in [5, 5.41) is 10.8. The highest BCUT2D eigenvalue weighted by atomic mass is 35.5. The van der Waals surface area contributed by atoms with Gasteiger partial charge >= 0.3 is 0 Å². The van der Waals surface area contributed by atoms with E-state index in [1.54, 1.807) is 6.92 Å². The first kappa shape index (κ1) is 15.4. The normalized spacial score (nSPS) is 10.6. The highest BCUT2D eigenvalue weighted by Crippen LogP contribution is 2.32. The Morgan fingerprint density at radius 2 is 2.00 bits per heavy atom. The summed E-state index contributed by atoms with van der Waals surface area (Å²) in [5.74, 6) is 0.617. The van der Waals surface area contributed by atoms with Gasteiger partial charge in [-0.15, -0.1) is 5.10 Å². The van der Waals surface area contributed by atoms with Crippen molar-refractivity contribution in [3.05, 3.63) is 33.0 Å². The van der Waals surface area contributed by atoms with Crippen LogP contribution in [-0.4, -0.2) is 26.8 Å². The largest absolute Gasteiger partial charge is 0.324 e. The molecule has 9 heteroatoms. The number of thioether (sulfide) groups is 1. The molecule has 20 heavy (non-hydrogen) atoms. The van der Waals surface area contributed by atoms with E-state index < -0.39 is 0 Å². The van der Waals surface area contributed by atoms with Crippen LogP contribution in [0.4, 0.5) is 5.69 Å². The van der Waals surface area contributed by atoms with E-state index in [0.29, 0.717) is 31.7 Å². The summed E-state index contributed by atoms with van der Waals surface area (Å²) in [6, 6.07) is 2.98. The van der Waals surface area contributed by atoms with Crippen LogP contribution >= 0.6 is 46.6 Å². The third-order valence-electron chi connectivity index (χ3n) is 2.19. The number of hydrogen-bond acceptors (Lipinski definition) is 4. The molecule has 2 rings (SSSR count). The Labute approximate surface area is 134 Å². The molecule has 1 aromatic heterocycles. The zero-order valence-corrected chi connectivity index (χ0v) is 13.3. The van der Waals surface area contributed by atoms with Crippen molar-refractivity contribution in [3.8, 4) is 0 Å². The minimum Gasteiger partial charge on any atom is -0.324 e. The Bertz CT molecular complexity index is 647. The van der Waals surface area contributed by atoms with E-state index in [2.05, 4.69) is 20.5 Å². The second kappa shape index (κ2) is 6.67. The molecule has 0 spiro atoms. The quantitative estimate of drug-likeness (QED) is 0.649. The number of amides is 1. The van der Waals surface area contributed by atoms with Crippen molar-refractivity contribution < 1.29 is 4.79 Å². The van der Waals surface area contributed by atoms with Gasteiger partial charge in [-0.05, 0) is 19.1 Å². The summed E-state index contributed by atoms with van der Waals surface area (Å²) in [5.41, 5.74) is 0.415. The van der Waals surface area contributed by atoms with Crippen molar-refractivity contribution in [1.29, 1.82) is 0 Å². The summed E-state index contributed by atoms with van der Waals surface area (Å²) >= 11 is 18.9. The Kier molecular flexibility index (Phi) is 5.15. The first-order valence-electron chi connectivity index (χ1n) is 5.42. The third-order valence-corrected chi connectivity index (χ3v) is 4.08. The third kappa shape index (κ3) is 4.02. The summed E-state index contributed by atoms with van der Waals surface area (Å²) in [4.78, 5) is 15.9. The number of carbonyl (C=O) groups is 1. The van der Waals surface area contributed by atoms with Crippen molar-refractivity contribution in [3.63, 3.8) is 0 Å². The van der Waals surface area contributed by atoms with Crippen molar-refractivity contribution in [1.82, 2.24) is 15.2 Å². The minimum atomic E-state index is -0.238. The lowest BCUT2D eigenvalue weighted by atomic mass is 10.3. The standard InChI is InChI=1S/C11H9Cl3N4OS/c1-5-15-11(18-17-5)20-4-10(19)16-9-3-7(13)6(12)2-8(9)14/h2-3H,4H2,1H3,(H,16,19)(H,15,17,18). The molecule has 2 N–H and O–H groups in total. The average Bonchev–Trinajstić information content (AvgIpc) is 2.79. The Balaban J connectivity index is 1.96. The van der Waals surface area contributed by atoms with Crippen LogP contribution in [0.25, 0.3) is 0 Å². The molecule has 1 heterocycles. The van der Waals surface area contributed by atoms with Gasteiger partial charge in [-0.1, -0.05) is 46.6 Å². The lowest BCUT2D eigenvalue weighted by molar-refractivity contribution is -0.113. The fourth-order valence-corrected chi connectivity index (χ4v) is 2.56. The number of aryl methyl sites for hydroxylation is 1. The molecule has 1 amide bonds. The lowest BCUT2D eigenvalue weighted by Gasteiger charge is -2.08. The fraction of sp³-hybridized carbons (Fsp3) is 0.182. The SMILES string of the molecule is Cc1nc(SCC(=O)Nc2cc(Cl)c(Cl)cc2Cl)n[nH]1. The van der Waals surface area contributed by atoms with E-state index in [4.69, 9.17) is 34.8 Å². The van der Waals surface area contributed by atoms with Crippen LogP contribution in [0.3, 0.4) is 0 Å². The topological polar surface area (TPSA) is 70.7 Å². The highest BCUT2D eigenvalue weighted by molar-refractivity contribution is 7.99. The number of nitrogens with zero attached hydrogens (tertiary/aromatic N) is 2. The number of anilines is 1. The number of aromatic amines is 1. The van der Waals surface area contributed by atoms with Gasteiger partial charge in [0.1, 0.15) is 5.82 Å². The number of aromatic nitrogens is 3. The van der Waals surface area contributed by atoms with E-state index in [1.165, 1.54) is 23.9 Å². The van der Waals surface area contributed by atoms with Crippen LogP contribution < -0.4 is 5.32 Å². The molecule has 0 aliphatic carbocycles. The van der Waals surface area contributed by atoms with E-state index in [9.17, 15) is 4.79 Å². The molecule has 0 atom stereocenters. The fourth-order valence-electron chi connectivity index (χ4n) is 1.32. The molecule has 2 aromatic rings. The molecule has 1 aromatic carbocycles. The van der Waals surface area contributed by atoms with Crippen LogP contribution in [0.2, 0.25) is 15.1 Å². The summed E-state index contributed by atoms with van der Waals surface area (Å²) in [6.07, 6.45) is 0. The second-order valence-electron chi connectivity index (χ2n) is 3.79. The van der Waals surface area contributed by atoms with E-state index in [0.717, 1.165) is 0 Å². The average molecular weight is 352 g/mol. The number of benzene rings is 1. The molecule has 0 aliphatic rings.